The van der Waals surface area contributed by atoms with E-state index in [2.05, 4.69) is 12.2 Å². The number of carbonyl (C=O) groups excluding carboxylic acids is 1. The molecule has 0 aromatic carbocycles. The molecule has 4 heteroatoms. The highest BCUT2D eigenvalue weighted by atomic mass is 32.2. The monoisotopic (exact) mass is 257 g/mol. The summed E-state index contributed by atoms with van der Waals surface area (Å²) in [6, 6.07) is 0.194. The second-order valence-electron chi connectivity index (χ2n) is 5.49. The number of hydrogen-bond donors (Lipinski definition) is 2. The highest BCUT2D eigenvalue weighted by molar-refractivity contribution is 8.01. The number of nitrogens with one attached hydrogen (secondary N) is 1. The molecule has 1 aliphatic carbocycles. The Kier molecular flexibility index (Phi) is 4.36. The number of rotatable bonds is 3. The van der Waals surface area contributed by atoms with Crippen molar-refractivity contribution in [2.75, 3.05) is 12.4 Å². The summed E-state index contributed by atoms with van der Waals surface area (Å²) in [5.74, 6) is 1.55. The van der Waals surface area contributed by atoms with E-state index < -0.39 is 0 Å². The van der Waals surface area contributed by atoms with Gasteiger partial charge in [0.15, 0.2) is 0 Å². The molecule has 1 heterocycles. The van der Waals surface area contributed by atoms with Crippen LogP contribution in [-0.2, 0) is 4.79 Å². The summed E-state index contributed by atoms with van der Waals surface area (Å²) in [6.45, 7) is 2.26. The van der Waals surface area contributed by atoms with Gasteiger partial charge in [-0.3, -0.25) is 4.79 Å². The molecular formula is C13H23NO2S. The van der Waals surface area contributed by atoms with Crippen LogP contribution in [0.3, 0.4) is 0 Å². The Labute approximate surface area is 108 Å². The number of aliphatic hydroxyl groups is 1. The molecule has 0 aromatic heterocycles. The smallest absolute Gasteiger partial charge is 0.236 e. The first-order valence-electron chi connectivity index (χ1n) is 6.71. The Hall–Kier alpha value is -0.220. The first-order chi connectivity index (χ1) is 8.15. The Morgan fingerprint density at radius 1 is 1.41 bits per heavy atom. The Bertz CT molecular complexity index is 277. The van der Waals surface area contributed by atoms with Crippen molar-refractivity contribution in [3.05, 3.63) is 0 Å². The minimum Gasteiger partial charge on any atom is -0.396 e. The van der Waals surface area contributed by atoms with E-state index in [1.807, 2.05) is 0 Å². The van der Waals surface area contributed by atoms with E-state index in [1.54, 1.807) is 11.8 Å². The molecule has 0 spiro atoms. The maximum atomic E-state index is 12.3. The van der Waals surface area contributed by atoms with Crippen LogP contribution in [0, 0.1) is 5.92 Å². The van der Waals surface area contributed by atoms with Crippen molar-refractivity contribution in [2.24, 2.45) is 5.92 Å². The summed E-state index contributed by atoms with van der Waals surface area (Å²) >= 11 is 1.78. The summed E-state index contributed by atoms with van der Waals surface area (Å²) in [5.41, 5.74) is 0. The average molecular weight is 257 g/mol. The van der Waals surface area contributed by atoms with Gasteiger partial charge in [-0.15, -0.1) is 11.8 Å². The van der Waals surface area contributed by atoms with Crippen LogP contribution in [-0.4, -0.2) is 34.2 Å². The van der Waals surface area contributed by atoms with E-state index >= 15 is 0 Å². The lowest BCUT2D eigenvalue weighted by Gasteiger charge is -2.33. The van der Waals surface area contributed by atoms with Gasteiger partial charge in [0.2, 0.25) is 5.91 Å². The van der Waals surface area contributed by atoms with Crippen LogP contribution in [0.2, 0.25) is 0 Å². The van der Waals surface area contributed by atoms with Crippen molar-refractivity contribution < 1.29 is 9.90 Å². The first kappa shape index (κ1) is 13.2. The molecule has 17 heavy (non-hydrogen) atoms. The van der Waals surface area contributed by atoms with E-state index in [0.717, 1.165) is 31.4 Å². The Morgan fingerprint density at radius 3 is 2.82 bits per heavy atom. The summed E-state index contributed by atoms with van der Waals surface area (Å²) in [5, 5.41) is 12.5. The lowest BCUT2D eigenvalue weighted by atomic mass is 9.84. The second-order valence-corrected chi connectivity index (χ2v) is 7.09. The van der Waals surface area contributed by atoms with Crippen molar-refractivity contribution in [3.8, 4) is 0 Å². The van der Waals surface area contributed by atoms with E-state index in [4.69, 9.17) is 0 Å². The molecule has 3 unspecified atom stereocenters. The fourth-order valence-corrected chi connectivity index (χ4v) is 4.11. The minimum atomic E-state index is -0.225. The predicted molar refractivity (Wildman–Crippen MR) is 71.1 cm³/mol. The Balaban J connectivity index is 1.92. The molecule has 0 bridgehead atoms. The molecule has 1 aliphatic heterocycles. The van der Waals surface area contributed by atoms with Crippen LogP contribution in [0.5, 0.6) is 0 Å². The van der Waals surface area contributed by atoms with Gasteiger partial charge in [0, 0.05) is 18.6 Å². The number of amides is 1. The van der Waals surface area contributed by atoms with Crippen molar-refractivity contribution in [1.29, 1.82) is 0 Å². The molecule has 2 aliphatic rings. The van der Waals surface area contributed by atoms with Crippen LogP contribution < -0.4 is 5.32 Å². The summed E-state index contributed by atoms with van der Waals surface area (Å²) in [6.07, 6.45) is 6.56. The van der Waals surface area contributed by atoms with Gasteiger partial charge in [-0.05, 0) is 38.4 Å². The third kappa shape index (κ3) is 2.97. The lowest BCUT2D eigenvalue weighted by Crippen LogP contribution is -2.49. The van der Waals surface area contributed by atoms with Gasteiger partial charge in [0.1, 0.15) is 0 Å². The molecule has 0 aromatic rings. The third-order valence-electron chi connectivity index (χ3n) is 4.16. The van der Waals surface area contributed by atoms with Gasteiger partial charge in [-0.25, -0.2) is 0 Å². The molecule has 1 amide bonds. The molecular weight excluding hydrogens is 234 g/mol. The van der Waals surface area contributed by atoms with Crippen LogP contribution in [0.1, 0.15) is 45.4 Å². The molecule has 98 valence electrons. The molecule has 2 fully saturated rings. The van der Waals surface area contributed by atoms with Crippen molar-refractivity contribution in [3.63, 3.8) is 0 Å². The number of hydrogen-bond acceptors (Lipinski definition) is 3. The molecule has 1 saturated carbocycles. The second kappa shape index (κ2) is 5.61. The number of aliphatic hydroxyl groups excluding tert-OH is 1. The average Bonchev–Trinajstić information content (AvgIpc) is 2.78. The van der Waals surface area contributed by atoms with E-state index in [9.17, 15) is 9.90 Å². The van der Waals surface area contributed by atoms with E-state index in [1.165, 1.54) is 12.8 Å². The van der Waals surface area contributed by atoms with Crippen LogP contribution >= 0.6 is 11.8 Å². The summed E-state index contributed by atoms with van der Waals surface area (Å²) < 4.78 is -0.225. The SMILES string of the molecule is CC1(C(=O)NC2CCCCC2CO)CCCS1. The number of thioether (sulfide) groups is 1. The zero-order valence-electron chi connectivity index (χ0n) is 10.6. The van der Waals surface area contributed by atoms with Gasteiger partial charge in [-0.2, -0.15) is 0 Å². The van der Waals surface area contributed by atoms with Gasteiger partial charge >= 0.3 is 0 Å². The fourth-order valence-electron chi connectivity index (χ4n) is 2.90. The highest BCUT2D eigenvalue weighted by Gasteiger charge is 2.39. The fraction of sp³-hybridized carbons (Fsp3) is 0.923. The summed E-state index contributed by atoms with van der Waals surface area (Å²) in [4.78, 5) is 12.3. The Morgan fingerprint density at radius 2 is 2.18 bits per heavy atom. The van der Waals surface area contributed by atoms with Crippen LogP contribution in [0.4, 0.5) is 0 Å². The normalized spacial score (nSPS) is 38.0. The zero-order valence-corrected chi connectivity index (χ0v) is 11.4. The molecule has 1 saturated heterocycles. The number of carbonyl (C=O) groups is 1. The first-order valence-corrected chi connectivity index (χ1v) is 7.70. The largest absolute Gasteiger partial charge is 0.396 e. The third-order valence-corrected chi connectivity index (χ3v) is 5.68. The maximum absolute atomic E-state index is 12.3. The standard InChI is InChI=1S/C13H23NO2S/c1-13(7-4-8-17-13)12(16)14-11-6-3-2-5-10(11)9-15/h10-11,15H,2-9H2,1H3,(H,14,16). The van der Waals surface area contributed by atoms with E-state index in [0.29, 0.717) is 0 Å². The zero-order chi connectivity index (χ0) is 12.3. The molecule has 2 rings (SSSR count). The molecule has 0 radical (unpaired) electrons. The maximum Gasteiger partial charge on any atom is 0.236 e. The lowest BCUT2D eigenvalue weighted by molar-refractivity contribution is -0.124. The van der Waals surface area contributed by atoms with E-state index in [-0.39, 0.29) is 29.2 Å². The van der Waals surface area contributed by atoms with Gasteiger partial charge in [-0.1, -0.05) is 12.8 Å². The van der Waals surface area contributed by atoms with Gasteiger partial charge in [0.25, 0.3) is 0 Å². The molecule has 2 N–H and O–H groups in total. The highest BCUT2D eigenvalue weighted by Crippen LogP contribution is 2.38. The predicted octanol–water partition coefficient (Wildman–Crippen LogP) is 1.94. The minimum absolute atomic E-state index is 0.186. The van der Waals surface area contributed by atoms with Gasteiger partial charge < -0.3 is 10.4 Å². The molecule has 3 atom stereocenters. The van der Waals surface area contributed by atoms with Gasteiger partial charge in [0.05, 0.1) is 4.75 Å². The molecule has 3 nitrogen and oxygen atoms in total. The topological polar surface area (TPSA) is 49.3 Å². The van der Waals surface area contributed by atoms with Crippen molar-refractivity contribution in [1.82, 2.24) is 5.32 Å². The van der Waals surface area contributed by atoms with Crippen LogP contribution in [0.15, 0.2) is 0 Å². The van der Waals surface area contributed by atoms with Crippen molar-refractivity contribution in [2.45, 2.75) is 56.2 Å². The quantitative estimate of drug-likeness (QED) is 0.812. The van der Waals surface area contributed by atoms with Crippen LogP contribution in [0.25, 0.3) is 0 Å². The van der Waals surface area contributed by atoms with Crippen molar-refractivity contribution >= 4 is 17.7 Å². The summed E-state index contributed by atoms with van der Waals surface area (Å²) in [7, 11) is 0.